The van der Waals surface area contributed by atoms with Crippen molar-refractivity contribution in [2.45, 2.75) is 38.3 Å². The molecular weight excluding hydrogens is 194 g/mol. The van der Waals surface area contributed by atoms with Gasteiger partial charge in [0.25, 0.3) is 0 Å². The second-order valence-corrected chi connectivity index (χ2v) is 3.94. The van der Waals surface area contributed by atoms with Crippen LogP contribution in [0.15, 0.2) is 6.20 Å². The minimum atomic E-state index is -0.948. The van der Waals surface area contributed by atoms with Gasteiger partial charge in [0.1, 0.15) is 5.69 Å². The lowest BCUT2D eigenvalue weighted by atomic mass is 10.2. The Morgan fingerprint density at radius 3 is 3.00 bits per heavy atom. The monoisotopic (exact) mass is 209 g/mol. The predicted octanol–water partition coefficient (Wildman–Crippen LogP) is 1.14. The highest BCUT2D eigenvalue weighted by Gasteiger charge is 2.16. The maximum absolute atomic E-state index is 10.8. The quantitative estimate of drug-likeness (QED) is 0.694. The fourth-order valence-corrected chi connectivity index (χ4v) is 2.01. The van der Waals surface area contributed by atoms with Crippen LogP contribution in [0, 0.1) is 0 Å². The fourth-order valence-electron chi connectivity index (χ4n) is 2.01. The fraction of sp³-hybridized carbons (Fsp3) is 0.600. The topological polar surface area (TPSA) is 78.0 Å². The summed E-state index contributed by atoms with van der Waals surface area (Å²) in [4.78, 5) is 10.8. The molecule has 0 unspecified atom stereocenters. The van der Waals surface area contributed by atoms with Gasteiger partial charge in [-0.05, 0) is 12.8 Å². The standard InChI is InChI=1S/C10H15N3O2/c14-10(15)9-7(6-12-13-9)5-11-8-3-1-2-4-8/h6,8,11H,1-5H2,(H,12,13)(H,14,15). The molecule has 1 saturated carbocycles. The molecule has 0 radical (unpaired) electrons. The van der Waals surface area contributed by atoms with Gasteiger partial charge < -0.3 is 10.4 Å². The Morgan fingerprint density at radius 1 is 1.60 bits per heavy atom. The number of rotatable bonds is 4. The van der Waals surface area contributed by atoms with Crippen LogP contribution in [0.2, 0.25) is 0 Å². The number of aromatic carboxylic acids is 1. The molecule has 2 rings (SSSR count). The minimum absolute atomic E-state index is 0.195. The van der Waals surface area contributed by atoms with Gasteiger partial charge in [0.2, 0.25) is 0 Å². The summed E-state index contributed by atoms with van der Waals surface area (Å²) in [5.41, 5.74) is 0.926. The van der Waals surface area contributed by atoms with Gasteiger partial charge in [-0.15, -0.1) is 0 Å². The van der Waals surface area contributed by atoms with Crippen molar-refractivity contribution in [2.75, 3.05) is 0 Å². The number of carbonyl (C=O) groups is 1. The first-order chi connectivity index (χ1) is 7.27. The molecule has 1 aromatic heterocycles. The first kappa shape index (κ1) is 10.2. The van der Waals surface area contributed by atoms with E-state index in [0.29, 0.717) is 12.6 Å². The summed E-state index contributed by atoms with van der Waals surface area (Å²) in [6.45, 7) is 0.586. The Bertz CT molecular complexity index is 342. The molecule has 0 aromatic carbocycles. The Balaban J connectivity index is 1.92. The van der Waals surface area contributed by atoms with E-state index in [4.69, 9.17) is 5.11 Å². The van der Waals surface area contributed by atoms with Gasteiger partial charge in [0, 0.05) is 18.2 Å². The van der Waals surface area contributed by atoms with E-state index in [0.717, 1.165) is 5.56 Å². The first-order valence-electron chi connectivity index (χ1n) is 5.26. The summed E-state index contributed by atoms with van der Waals surface area (Å²) < 4.78 is 0. The Labute approximate surface area is 87.9 Å². The summed E-state index contributed by atoms with van der Waals surface area (Å²) in [7, 11) is 0. The number of H-pyrrole nitrogens is 1. The van der Waals surface area contributed by atoms with Gasteiger partial charge in [-0.2, -0.15) is 5.10 Å². The van der Waals surface area contributed by atoms with Gasteiger partial charge in [-0.25, -0.2) is 4.79 Å². The van der Waals surface area contributed by atoms with Gasteiger partial charge in [0.15, 0.2) is 0 Å². The smallest absolute Gasteiger partial charge is 0.354 e. The zero-order chi connectivity index (χ0) is 10.7. The average Bonchev–Trinajstić information content (AvgIpc) is 2.86. The normalized spacial score (nSPS) is 17.1. The van der Waals surface area contributed by atoms with Crippen molar-refractivity contribution < 1.29 is 9.90 Å². The maximum atomic E-state index is 10.8. The summed E-state index contributed by atoms with van der Waals surface area (Å²) in [5.74, 6) is -0.948. The van der Waals surface area contributed by atoms with Crippen LogP contribution in [0.5, 0.6) is 0 Å². The van der Waals surface area contributed by atoms with Crippen LogP contribution in [-0.2, 0) is 6.54 Å². The molecule has 15 heavy (non-hydrogen) atoms. The summed E-state index contributed by atoms with van der Waals surface area (Å²) >= 11 is 0. The van der Waals surface area contributed by atoms with E-state index in [1.807, 2.05) is 0 Å². The number of hydrogen-bond acceptors (Lipinski definition) is 3. The molecule has 0 saturated heterocycles. The van der Waals surface area contributed by atoms with E-state index in [-0.39, 0.29) is 5.69 Å². The third-order valence-electron chi connectivity index (χ3n) is 2.87. The second kappa shape index (κ2) is 4.44. The molecule has 0 aliphatic heterocycles. The Hall–Kier alpha value is -1.36. The lowest BCUT2D eigenvalue weighted by molar-refractivity contribution is 0.0689. The molecule has 0 spiro atoms. The van der Waals surface area contributed by atoms with E-state index in [1.165, 1.54) is 25.7 Å². The molecule has 82 valence electrons. The van der Waals surface area contributed by atoms with E-state index in [9.17, 15) is 4.79 Å². The molecule has 0 amide bonds. The molecule has 1 heterocycles. The highest BCUT2D eigenvalue weighted by atomic mass is 16.4. The van der Waals surface area contributed by atoms with Crippen molar-refractivity contribution in [3.8, 4) is 0 Å². The lowest BCUT2D eigenvalue weighted by Gasteiger charge is -2.10. The molecule has 0 bridgehead atoms. The molecule has 5 heteroatoms. The molecule has 3 N–H and O–H groups in total. The largest absolute Gasteiger partial charge is 0.477 e. The van der Waals surface area contributed by atoms with Crippen molar-refractivity contribution >= 4 is 5.97 Å². The molecule has 1 aliphatic rings. The number of nitrogens with one attached hydrogen (secondary N) is 2. The van der Waals surface area contributed by atoms with E-state index >= 15 is 0 Å². The highest BCUT2D eigenvalue weighted by molar-refractivity contribution is 5.86. The second-order valence-electron chi connectivity index (χ2n) is 3.94. The molecule has 0 atom stereocenters. The van der Waals surface area contributed by atoms with Crippen LogP contribution >= 0.6 is 0 Å². The van der Waals surface area contributed by atoms with E-state index in [2.05, 4.69) is 15.5 Å². The van der Waals surface area contributed by atoms with Gasteiger partial charge >= 0.3 is 5.97 Å². The third kappa shape index (κ3) is 2.36. The lowest BCUT2D eigenvalue weighted by Crippen LogP contribution is -2.25. The summed E-state index contributed by atoms with van der Waals surface area (Å²) in [5, 5.41) is 18.4. The van der Waals surface area contributed by atoms with E-state index < -0.39 is 5.97 Å². The predicted molar refractivity (Wildman–Crippen MR) is 54.6 cm³/mol. The number of aromatic amines is 1. The van der Waals surface area contributed by atoms with Gasteiger partial charge in [0.05, 0.1) is 6.20 Å². The summed E-state index contributed by atoms with van der Waals surface area (Å²) in [6, 6.07) is 0.543. The average molecular weight is 209 g/mol. The van der Waals surface area contributed by atoms with Gasteiger partial charge in [-0.3, -0.25) is 5.10 Å². The number of hydrogen-bond donors (Lipinski definition) is 3. The zero-order valence-electron chi connectivity index (χ0n) is 8.49. The first-order valence-corrected chi connectivity index (χ1v) is 5.26. The summed E-state index contributed by atoms with van der Waals surface area (Å²) in [6.07, 6.45) is 6.51. The number of aromatic nitrogens is 2. The minimum Gasteiger partial charge on any atom is -0.477 e. The van der Waals surface area contributed by atoms with E-state index in [1.54, 1.807) is 6.20 Å². The van der Waals surface area contributed by atoms with Crippen molar-refractivity contribution in [1.82, 2.24) is 15.5 Å². The zero-order valence-corrected chi connectivity index (χ0v) is 8.49. The van der Waals surface area contributed by atoms with Crippen molar-refractivity contribution in [1.29, 1.82) is 0 Å². The van der Waals surface area contributed by atoms with Gasteiger partial charge in [-0.1, -0.05) is 12.8 Å². The molecule has 1 fully saturated rings. The Kier molecular flexibility index (Phi) is 3.01. The highest BCUT2D eigenvalue weighted by Crippen LogP contribution is 2.18. The maximum Gasteiger partial charge on any atom is 0.354 e. The molecule has 1 aliphatic carbocycles. The van der Waals surface area contributed by atoms with Crippen molar-refractivity contribution in [3.63, 3.8) is 0 Å². The molecule has 5 nitrogen and oxygen atoms in total. The SMILES string of the molecule is O=C(O)c1[nH]ncc1CNC1CCCC1. The van der Waals surface area contributed by atoms with Crippen molar-refractivity contribution in [2.24, 2.45) is 0 Å². The Morgan fingerprint density at radius 2 is 2.33 bits per heavy atom. The third-order valence-corrected chi connectivity index (χ3v) is 2.87. The van der Waals surface area contributed by atoms with Crippen LogP contribution < -0.4 is 5.32 Å². The van der Waals surface area contributed by atoms with Crippen LogP contribution in [-0.4, -0.2) is 27.3 Å². The molecule has 1 aromatic rings. The van der Waals surface area contributed by atoms with Crippen LogP contribution in [0.1, 0.15) is 41.7 Å². The van der Waals surface area contributed by atoms with Crippen molar-refractivity contribution in [3.05, 3.63) is 17.5 Å². The van der Waals surface area contributed by atoms with Crippen LogP contribution in [0.4, 0.5) is 0 Å². The number of carboxylic acid groups (broad SMARTS) is 1. The molecular formula is C10H15N3O2. The number of nitrogens with zero attached hydrogens (tertiary/aromatic N) is 1. The van der Waals surface area contributed by atoms with Crippen LogP contribution in [0.3, 0.4) is 0 Å². The van der Waals surface area contributed by atoms with Crippen LogP contribution in [0.25, 0.3) is 0 Å². The number of carboxylic acids is 1.